The van der Waals surface area contributed by atoms with Gasteiger partial charge in [-0.15, -0.1) is 11.3 Å². The number of hydrogen-bond donors (Lipinski definition) is 1. The van der Waals surface area contributed by atoms with Gasteiger partial charge in [0.25, 0.3) is 0 Å². The number of halogens is 1. The first-order valence-electron chi connectivity index (χ1n) is 5.18. The molecule has 2 rings (SSSR count). The quantitative estimate of drug-likeness (QED) is 0.857. The molecule has 0 amide bonds. The number of rotatable bonds is 5. The van der Waals surface area contributed by atoms with Crippen LogP contribution in [0.2, 0.25) is 0 Å². The lowest BCUT2D eigenvalue weighted by atomic mass is 10.2. The molecule has 0 radical (unpaired) electrons. The van der Waals surface area contributed by atoms with Crippen LogP contribution in [0.5, 0.6) is 0 Å². The molecule has 0 atom stereocenters. The highest BCUT2D eigenvalue weighted by atomic mass is 79.9. The molecule has 2 aromatic heterocycles. The van der Waals surface area contributed by atoms with E-state index in [0.717, 1.165) is 19.5 Å². The summed E-state index contributed by atoms with van der Waals surface area (Å²) in [6, 6.07) is 8.35. The third kappa shape index (κ3) is 3.70. The minimum atomic E-state index is 0.946. The van der Waals surface area contributed by atoms with E-state index in [4.69, 9.17) is 0 Å². The van der Waals surface area contributed by atoms with Crippen molar-refractivity contribution in [2.45, 2.75) is 13.0 Å². The Balaban J connectivity index is 1.69. The van der Waals surface area contributed by atoms with Crippen LogP contribution in [0.25, 0.3) is 0 Å². The van der Waals surface area contributed by atoms with Crippen molar-refractivity contribution in [2.24, 2.45) is 0 Å². The molecule has 0 aliphatic heterocycles. The van der Waals surface area contributed by atoms with Crippen LogP contribution in [0.3, 0.4) is 0 Å². The lowest BCUT2D eigenvalue weighted by molar-refractivity contribution is 0.693. The highest BCUT2D eigenvalue weighted by Crippen LogP contribution is 2.21. The first kappa shape index (κ1) is 11.8. The lowest BCUT2D eigenvalue weighted by Gasteiger charge is -2.02. The molecule has 1 N–H and O–H groups in total. The van der Waals surface area contributed by atoms with Crippen molar-refractivity contribution in [1.82, 2.24) is 10.3 Å². The maximum Gasteiger partial charge on any atom is 0.0701 e. The molecule has 0 spiro atoms. The SMILES string of the molecule is Brc1ccc(CNCCc2ccncc2)s1. The van der Waals surface area contributed by atoms with E-state index in [1.807, 2.05) is 12.4 Å². The summed E-state index contributed by atoms with van der Waals surface area (Å²) in [6.45, 7) is 1.95. The molecule has 2 heterocycles. The zero-order valence-corrected chi connectivity index (χ0v) is 11.2. The molecule has 0 saturated carbocycles. The van der Waals surface area contributed by atoms with Crippen LogP contribution >= 0.6 is 27.3 Å². The van der Waals surface area contributed by atoms with Crippen LogP contribution in [-0.4, -0.2) is 11.5 Å². The fourth-order valence-electron chi connectivity index (χ4n) is 1.44. The zero-order valence-electron chi connectivity index (χ0n) is 8.82. The fourth-order valence-corrected chi connectivity index (χ4v) is 2.89. The van der Waals surface area contributed by atoms with Gasteiger partial charge in [0.05, 0.1) is 3.79 Å². The zero-order chi connectivity index (χ0) is 11.2. The maximum atomic E-state index is 4.00. The molecule has 84 valence electrons. The van der Waals surface area contributed by atoms with Gasteiger partial charge >= 0.3 is 0 Å². The molecule has 0 aromatic carbocycles. The highest BCUT2D eigenvalue weighted by molar-refractivity contribution is 9.11. The molecule has 0 aliphatic rings. The Bertz CT molecular complexity index is 428. The average Bonchev–Trinajstić information content (AvgIpc) is 2.72. The van der Waals surface area contributed by atoms with Crippen molar-refractivity contribution >= 4 is 27.3 Å². The third-order valence-electron chi connectivity index (χ3n) is 2.27. The molecule has 4 heteroatoms. The summed E-state index contributed by atoms with van der Waals surface area (Å²) < 4.78 is 1.19. The number of hydrogen-bond acceptors (Lipinski definition) is 3. The smallest absolute Gasteiger partial charge is 0.0701 e. The molecule has 0 fully saturated rings. The Morgan fingerprint density at radius 3 is 2.69 bits per heavy atom. The summed E-state index contributed by atoms with van der Waals surface area (Å²) in [4.78, 5) is 5.36. The van der Waals surface area contributed by atoms with Crippen LogP contribution < -0.4 is 5.32 Å². The first-order valence-corrected chi connectivity index (χ1v) is 6.79. The van der Waals surface area contributed by atoms with E-state index >= 15 is 0 Å². The van der Waals surface area contributed by atoms with Crippen molar-refractivity contribution in [1.29, 1.82) is 0 Å². The van der Waals surface area contributed by atoms with E-state index in [1.54, 1.807) is 11.3 Å². The molecule has 0 aliphatic carbocycles. The van der Waals surface area contributed by atoms with Crippen molar-refractivity contribution < 1.29 is 0 Å². The Morgan fingerprint density at radius 2 is 2.00 bits per heavy atom. The second-order valence-electron chi connectivity index (χ2n) is 3.49. The number of nitrogens with zero attached hydrogens (tertiary/aromatic N) is 1. The molecule has 0 bridgehead atoms. The molecule has 2 nitrogen and oxygen atoms in total. The van der Waals surface area contributed by atoms with E-state index in [2.05, 4.69) is 50.5 Å². The first-order chi connectivity index (χ1) is 7.84. The van der Waals surface area contributed by atoms with Crippen molar-refractivity contribution in [2.75, 3.05) is 6.54 Å². The minimum Gasteiger partial charge on any atom is -0.312 e. The van der Waals surface area contributed by atoms with Crippen molar-refractivity contribution in [3.8, 4) is 0 Å². The number of thiophene rings is 1. The highest BCUT2D eigenvalue weighted by Gasteiger charge is 1.97. The Morgan fingerprint density at radius 1 is 1.19 bits per heavy atom. The van der Waals surface area contributed by atoms with E-state index < -0.39 is 0 Å². The largest absolute Gasteiger partial charge is 0.312 e. The molecule has 0 saturated heterocycles. The summed E-state index contributed by atoms with van der Waals surface area (Å²) in [5.41, 5.74) is 1.33. The predicted molar refractivity (Wildman–Crippen MR) is 71.7 cm³/mol. The second kappa shape index (κ2) is 6.13. The average molecular weight is 297 g/mol. The van der Waals surface area contributed by atoms with Crippen LogP contribution in [0.1, 0.15) is 10.4 Å². The normalized spacial score (nSPS) is 10.6. The Labute approximate surface area is 108 Å². The van der Waals surface area contributed by atoms with Gasteiger partial charge in [-0.05, 0) is 58.7 Å². The summed E-state index contributed by atoms with van der Waals surface area (Å²) >= 11 is 5.24. The third-order valence-corrected chi connectivity index (χ3v) is 3.89. The molecular formula is C12H13BrN2S. The summed E-state index contributed by atoms with van der Waals surface area (Å²) in [5.74, 6) is 0. The van der Waals surface area contributed by atoms with E-state index in [1.165, 1.54) is 14.2 Å². The van der Waals surface area contributed by atoms with E-state index in [0.29, 0.717) is 0 Å². The Kier molecular flexibility index (Phi) is 4.51. The second-order valence-corrected chi connectivity index (χ2v) is 6.04. The summed E-state index contributed by atoms with van der Waals surface area (Å²) in [7, 11) is 0. The molecule has 0 unspecified atom stereocenters. The van der Waals surface area contributed by atoms with Crippen LogP contribution in [0, 0.1) is 0 Å². The summed E-state index contributed by atoms with van der Waals surface area (Å²) in [6.07, 6.45) is 4.73. The number of nitrogens with one attached hydrogen (secondary N) is 1. The van der Waals surface area contributed by atoms with Gasteiger partial charge in [0, 0.05) is 23.8 Å². The molecule has 2 aromatic rings. The minimum absolute atomic E-state index is 0.946. The monoisotopic (exact) mass is 296 g/mol. The van der Waals surface area contributed by atoms with Crippen LogP contribution in [0.4, 0.5) is 0 Å². The Hall–Kier alpha value is -0.710. The standard InChI is InChI=1S/C12H13BrN2S/c13-12-2-1-11(16-12)9-15-8-5-10-3-6-14-7-4-10/h1-4,6-7,15H,5,8-9H2. The number of pyridine rings is 1. The van der Waals surface area contributed by atoms with Crippen LogP contribution in [0.15, 0.2) is 40.4 Å². The summed E-state index contributed by atoms with van der Waals surface area (Å²) in [5, 5.41) is 3.43. The number of aromatic nitrogens is 1. The predicted octanol–water partition coefficient (Wildman–Crippen LogP) is 3.24. The van der Waals surface area contributed by atoms with Gasteiger partial charge in [-0.3, -0.25) is 4.98 Å². The van der Waals surface area contributed by atoms with Gasteiger partial charge < -0.3 is 5.32 Å². The lowest BCUT2D eigenvalue weighted by Crippen LogP contribution is -2.15. The van der Waals surface area contributed by atoms with Crippen LogP contribution in [-0.2, 0) is 13.0 Å². The van der Waals surface area contributed by atoms with E-state index in [-0.39, 0.29) is 0 Å². The van der Waals surface area contributed by atoms with Gasteiger partial charge in [-0.25, -0.2) is 0 Å². The molecule has 16 heavy (non-hydrogen) atoms. The van der Waals surface area contributed by atoms with E-state index in [9.17, 15) is 0 Å². The maximum absolute atomic E-state index is 4.00. The van der Waals surface area contributed by atoms with Gasteiger partial charge in [0.1, 0.15) is 0 Å². The molecular weight excluding hydrogens is 284 g/mol. The fraction of sp³-hybridized carbons (Fsp3) is 0.250. The van der Waals surface area contributed by atoms with Gasteiger partial charge in [0.15, 0.2) is 0 Å². The van der Waals surface area contributed by atoms with Gasteiger partial charge in [-0.2, -0.15) is 0 Å². The van der Waals surface area contributed by atoms with Crippen molar-refractivity contribution in [3.05, 3.63) is 50.9 Å². The topological polar surface area (TPSA) is 24.9 Å². The van der Waals surface area contributed by atoms with Gasteiger partial charge in [-0.1, -0.05) is 0 Å². The van der Waals surface area contributed by atoms with Gasteiger partial charge in [0.2, 0.25) is 0 Å². The van der Waals surface area contributed by atoms with Crippen molar-refractivity contribution in [3.63, 3.8) is 0 Å².